The summed E-state index contributed by atoms with van der Waals surface area (Å²) in [5, 5.41) is 5.25. The second-order valence-corrected chi connectivity index (χ2v) is 9.47. The average Bonchev–Trinajstić information content (AvgIpc) is 3.29. The topological polar surface area (TPSA) is 113 Å². The summed E-state index contributed by atoms with van der Waals surface area (Å²) in [5.41, 5.74) is 9.82. The van der Waals surface area contributed by atoms with Crippen LogP contribution in [0.15, 0.2) is 35.7 Å². The van der Waals surface area contributed by atoms with E-state index in [0.29, 0.717) is 17.0 Å². The normalized spacial score (nSPS) is 11.0. The molecule has 2 amide bonds. The lowest BCUT2D eigenvalue weighted by molar-refractivity contribution is -0.120. The van der Waals surface area contributed by atoms with Gasteiger partial charge in [0.1, 0.15) is 0 Å². The number of nitrogens with one attached hydrogen (secondary N) is 1. The van der Waals surface area contributed by atoms with E-state index in [0.717, 1.165) is 11.3 Å². The highest BCUT2D eigenvalue weighted by Crippen LogP contribution is 2.39. The fraction of sp³-hybridized carbons (Fsp3) is 0.346. The van der Waals surface area contributed by atoms with E-state index in [1.54, 1.807) is 0 Å². The molecule has 186 valence electrons. The van der Waals surface area contributed by atoms with Gasteiger partial charge < -0.3 is 19.9 Å². The van der Waals surface area contributed by atoms with Gasteiger partial charge in [0, 0.05) is 16.5 Å². The molecular weight excluding hydrogens is 466 g/mol. The van der Waals surface area contributed by atoms with Crippen LogP contribution in [0, 0.1) is 0 Å². The third kappa shape index (κ3) is 6.10. The van der Waals surface area contributed by atoms with Gasteiger partial charge in [0.25, 0.3) is 11.8 Å². The van der Waals surface area contributed by atoms with E-state index in [1.807, 2.05) is 5.38 Å². The number of nitrogens with two attached hydrogens (primary N) is 1. The van der Waals surface area contributed by atoms with Crippen molar-refractivity contribution in [3.63, 3.8) is 0 Å². The zero-order valence-corrected chi connectivity index (χ0v) is 21.6. The van der Waals surface area contributed by atoms with Gasteiger partial charge in [-0.3, -0.25) is 14.9 Å². The molecule has 3 rings (SSSR count). The number of carbonyl (C=O) groups excluding carboxylic acids is 2. The maximum atomic E-state index is 13.0. The van der Waals surface area contributed by atoms with Crippen LogP contribution >= 0.6 is 11.3 Å². The fourth-order valence-corrected chi connectivity index (χ4v) is 4.28. The number of anilines is 1. The van der Waals surface area contributed by atoms with Gasteiger partial charge in [-0.1, -0.05) is 45.9 Å². The molecule has 3 aromatic rings. The molecule has 0 bridgehead atoms. The van der Waals surface area contributed by atoms with Crippen LogP contribution in [0.1, 0.15) is 61.0 Å². The Morgan fingerprint density at radius 3 is 2.23 bits per heavy atom. The number of amides is 2. The van der Waals surface area contributed by atoms with Gasteiger partial charge in [-0.05, 0) is 35.1 Å². The Bertz CT molecular complexity index is 1190. The van der Waals surface area contributed by atoms with Crippen LogP contribution in [0.2, 0.25) is 0 Å². The number of primary amides is 1. The molecule has 3 N–H and O–H groups in total. The van der Waals surface area contributed by atoms with Crippen molar-refractivity contribution in [1.82, 2.24) is 4.98 Å². The first-order chi connectivity index (χ1) is 16.6. The molecule has 35 heavy (non-hydrogen) atoms. The second kappa shape index (κ2) is 11.2. The van der Waals surface area contributed by atoms with E-state index in [1.165, 1.54) is 48.8 Å². The molecule has 0 saturated carbocycles. The van der Waals surface area contributed by atoms with E-state index in [9.17, 15) is 9.59 Å². The van der Waals surface area contributed by atoms with Crippen LogP contribution in [-0.2, 0) is 4.79 Å². The van der Waals surface area contributed by atoms with Crippen LogP contribution in [-0.4, -0.2) is 37.6 Å². The third-order valence-corrected chi connectivity index (χ3v) is 6.20. The number of aromatic nitrogens is 1. The third-order valence-electron chi connectivity index (χ3n) is 5.45. The number of methoxy groups -OCH3 is 2. The minimum atomic E-state index is -0.644. The molecule has 9 heteroatoms. The van der Waals surface area contributed by atoms with Crippen molar-refractivity contribution in [2.24, 2.45) is 5.73 Å². The molecule has 0 atom stereocenters. The first-order valence-corrected chi connectivity index (χ1v) is 12.1. The Hall–Kier alpha value is -3.59. The Morgan fingerprint density at radius 1 is 1.03 bits per heavy atom. The zero-order chi connectivity index (χ0) is 25.7. The number of hydrogen-bond acceptors (Lipinski definition) is 7. The van der Waals surface area contributed by atoms with Crippen molar-refractivity contribution >= 4 is 28.3 Å². The number of benzene rings is 2. The highest BCUT2D eigenvalue weighted by molar-refractivity contribution is 7.14. The summed E-state index contributed by atoms with van der Waals surface area (Å²) >= 11 is 1.35. The lowest BCUT2D eigenvalue weighted by Gasteiger charge is -2.15. The number of nitrogens with zero attached hydrogens (tertiary/aromatic N) is 1. The number of rotatable bonds is 10. The van der Waals surface area contributed by atoms with Crippen molar-refractivity contribution in [1.29, 1.82) is 0 Å². The van der Waals surface area contributed by atoms with Gasteiger partial charge in [-0.25, -0.2) is 4.98 Å². The highest BCUT2D eigenvalue weighted by atomic mass is 32.1. The molecule has 0 saturated heterocycles. The molecule has 2 aromatic carbocycles. The maximum Gasteiger partial charge on any atom is 0.257 e. The first-order valence-electron chi connectivity index (χ1n) is 11.2. The lowest BCUT2D eigenvalue weighted by atomic mass is 9.90. The molecule has 0 aliphatic heterocycles. The van der Waals surface area contributed by atoms with Crippen LogP contribution < -0.4 is 25.3 Å². The zero-order valence-electron chi connectivity index (χ0n) is 20.8. The highest BCUT2D eigenvalue weighted by Gasteiger charge is 2.20. The summed E-state index contributed by atoms with van der Waals surface area (Å²) in [6.07, 6.45) is 0. The number of carbonyl (C=O) groups is 2. The molecule has 1 aromatic heterocycles. The average molecular weight is 498 g/mol. The summed E-state index contributed by atoms with van der Waals surface area (Å²) < 4.78 is 16.1. The molecule has 0 fully saturated rings. The quantitative estimate of drug-likeness (QED) is 0.399. The fourth-order valence-electron chi connectivity index (χ4n) is 3.57. The van der Waals surface area contributed by atoms with Gasteiger partial charge in [0.2, 0.25) is 5.75 Å². The molecular formula is C26H31N3O5S. The predicted octanol–water partition coefficient (Wildman–Crippen LogP) is 5.19. The maximum absolute atomic E-state index is 13.0. The van der Waals surface area contributed by atoms with Gasteiger partial charge in [-0.15, -0.1) is 11.3 Å². The van der Waals surface area contributed by atoms with Crippen LogP contribution in [0.5, 0.6) is 17.2 Å². The van der Waals surface area contributed by atoms with E-state index >= 15 is 0 Å². The van der Waals surface area contributed by atoms with Crippen molar-refractivity contribution in [3.8, 4) is 28.5 Å². The Kier molecular flexibility index (Phi) is 8.34. The molecule has 0 unspecified atom stereocenters. The van der Waals surface area contributed by atoms with Crippen LogP contribution in [0.4, 0.5) is 5.13 Å². The molecule has 0 spiro atoms. The van der Waals surface area contributed by atoms with E-state index in [2.05, 4.69) is 56.2 Å². The van der Waals surface area contributed by atoms with Gasteiger partial charge >= 0.3 is 0 Å². The van der Waals surface area contributed by atoms with Crippen molar-refractivity contribution in [2.45, 2.75) is 39.5 Å². The standard InChI is InChI=1S/C26H31N3O5S/c1-14(2)16-7-8-18(19(9-16)15(3)4)20-13-35-26(28-20)29-25(31)17-10-21(32-5)24(22(11-17)33-6)34-12-23(27)30/h7-11,13-15H,12H2,1-6H3,(H2,27,30)(H,28,29,31). The summed E-state index contributed by atoms with van der Waals surface area (Å²) in [5.74, 6) is 0.406. The van der Waals surface area contributed by atoms with Crippen molar-refractivity contribution < 1.29 is 23.8 Å². The minimum absolute atomic E-state index is 0.188. The first kappa shape index (κ1) is 26.0. The monoisotopic (exact) mass is 497 g/mol. The molecule has 8 nitrogen and oxygen atoms in total. The number of hydrogen-bond donors (Lipinski definition) is 2. The largest absolute Gasteiger partial charge is 0.493 e. The minimum Gasteiger partial charge on any atom is -0.493 e. The smallest absolute Gasteiger partial charge is 0.257 e. The number of ether oxygens (including phenoxy) is 3. The molecule has 0 aliphatic carbocycles. The Morgan fingerprint density at radius 2 is 1.69 bits per heavy atom. The van der Waals surface area contributed by atoms with Crippen LogP contribution in [0.3, 0.4) is 0 Å². The second-order valence-electron chi connectivity index (χ2n) is 8.61. The summed E-state index contributed by atoms with van der Waals surface area (Å²) in [6.45, 7) is 8.33. The number of thiazole rings is 1. The summed E-state index contributed by atoms with van der Waals surface area (Å²) in [7, 11) is 2.86. The van der Waals surface area contributed by atoms with E-state index in [-0.39, 0.29) is 35.3 Å². The van der Waals surface area contributed by atoms with Gasteiger partial charge in [0.15, 0.2) is 23.2 Å². The van der Waals surface area contributed by atoms with Crippen molar-refractivity contribution in [2.75, 3.05) is 26.1 Å². The molecule has 0 aliphatic rings. The van der Waals surface area contributed by atoms with E-state index < -0.39 is 5.91 Å². The SMILES string of the molecule is COc1cc(C(=O)Nc2nc(-c3ccc(C(C)C)cc3C(C)C)cs2)cc(OC)c1OCC(N)=O. The summed E-state index contributed by atoms with van der Waals surface area (Å²) in [6, 6.07) is 9.48. The summed E-state index contributed by atoms with van der Waals surface area (Å²) in [4.78, 5) is 28.8. The van der Waals surface area contributed by atoms with Gasteiger partial charge in [-0.2, -0.15) is 0 Å². The van der Waals surface area contributed by atoms with Crippen LogP contribution in [0.25, 0.3) is 11.3 Å². The molecule has 1 heterocycles. The van der Waals surface area contributed by atoms with E-state index in [4.69, 9.17) is 19.9 Å². The predicted molar refractivity (Wildman–Crippen MR) is 138 cm³/mol. The van der Waals surface area contributed by atoms with Crippen molar-refractivity contribution in [3.05, 3.63) is 52.4 Å². The lowest BCUT2D eigenvalue weighted by Crippen LogP contribution is -2.20. The molecule has 0 radical (unpaired) electrons. The Labute approximate surface area is 209 Å². The van der Waals surface area contributed by atoms with Gasteiger partial charge in [0.05, 0.1) is 19.9 Å². The Balaban J connectivity index is 1.86.